The monoisotopic (exact) mass is 576 g/mol. The average molecular weight is 578 g/mol. The summed E-state index contributed by atoms with van der Waals surface area (Å²) in [6.45, 7) is 1.31. The van der Waals surface area contributed by atoms with Crippen LogP contribution in [0.5, 0.6) is 5.75 Å². The molecule has 1 N–H and O–H groups in total. The minimum Gasteiger partial charge on any atom is -0.481 e. The van der Waals surface area contributed by atoms with Crippen molar-refractivity contribution in [1.82, 2.24) is 9.66 Å². The number of carbonyl (C=O) groups is 1. The Morgan fingerprint density at radius 3 is 2.54 bits per heavy atom. The predicted molar refractivity (Wildman–Crippen MR) is 138 cm³/mol. The number of hydrogen-bond donors (Lipinski definition) is 1. The first-order chi connectivity index (χ1) is 16.7. The zero-order chi connectivity index (χ0) is 25.1. The van der Waals surface area contributed by atoms with Gasteiger partial charge in [-0.2, -0.15) is 9.78 Å². The van der Waals surface area contributed by atoms with Gasteiger partial charge in [0.1, 0.15) is 11.6 Å². The summed E-state index contributed by atoms with van der Waals surface area (Å²) in [4.78, 5) is 29.4. The summed E-state index contributed by atoms with van der Waals surface area (Å²) in [6.07, 6.45) is 1.42. The summed E-state index contributed by atoms with van der Waals surface area (Å²) in [5, 5.41) is 7.54. The van der Waals surface area contributed by atoms with Crippen LogP contribution >= 0.6 is 39.1 Å². The Hall–Kier alpha value is -3.27. The molecule has 35 heavy (non-hydrogen) atoms. The van der Waals surface area contributed by atoms with Crippen LogP contribution in [-0.4, -0.2) is 28.4 Å². The number of ether oxygens (including phenoxy) is 1. The number of fused-ring (bicyclic) bond motifs is 1. The molecule has 0 saturated heterocycles. The molecule has 0 aliphatic heterocycles. The van der Waals surface area contributed by atoms with E-state index in [1.807, 2.05) is 6.07 Å². The summed E-state index contributed by atoms with van der Waals surface area (Å²) in [5.74, 6) is -0.359. The zero-order valence-corrected chi connectivity index (χ0v) is 21.2. The maximum absolute atomic E-state index is 13.0. The summed E-state index contributed by atoms with van der Waals surface area (Å²) in [6, 6.07) is 13.6. The van der Waals surface area contributed by atoms with Crippen LogP contribution < -0.4 is 15.6 Å². The fourth-order valence-electron chi connectivity index (χ4n) is 3.18. The molecule has 178 valence electrons. The fraction of sp³-hybridized carbons (Fsp3) is 0.0833. The van der Waals surface area contributed by atoms with Gasteiger partial charge in [-0.15, -0.1) is 0 Å². The molecular formula is C24H16BrCl2FN4O3. The fourth-order valence-corrected chi connectivity index (χ4v) is 4.15. The summed E-state index contributed by atoms with van der Waals surface area (Å²) in [5.41, 5.74) is 1.17. The lowest BCUT2D eigenvalue weighted by molar-refractivity contribution is -0.118. The lowest BCUT2D eigenvalue weighted by Crippen LogP contribution is -2.20. The number of benzene rings is 3. The maximum Gasteiger partial charge on any atom is 0.282 e. The highest BCUT2D eigenvalue weighted by molar-refractivity contribution is 9.10. The first kappa shape index (κ1) is 24.8. The van der Waals surface area contributed by atoms with E-state index < -0.39 is 11.7 Å². The number of aryl methyl sites for hydroxylation is 1. The Kier molecular flexibility index (Phi) is 7.49. The second kappa shape index (κ2) is 10.6. The molecular weight excluding hydrogens is 562 g/mol. The largest absolute Gasteiger partial charge is 0.481 e. The van der Waals surface area contributed by atoms with Gasteiger partial charge in [0.05, 0.1) is 27.2 Å². The van der Waals surface area contributed by atoms with Crippen LogP contribution in [-0.2, 0) is 4.79 Å². The van der Waals surface area contributed by atoms with Crippen molar-refractivity contribution in [2.75, 3.05) is 11.9 Å². The maximum atomic E-state index is 13.0. The zero-order valence-electron chi connectivity index (χ0n) is 18.1. The van der Waals surface area contributed by atoms with Crippen LogP contribution in [0.1, 0.15) is 11.4 Å². The van der Waals surface area contributed by atoms with Crippen LogP contribution in [0.2, 0.25) is 10.0 Å². The van der Waals surface area contributed by atoms with Crippen LogP contribution in [0, 0.1) is 12.7 Å². The van der Waals surface area contributed by atoms with E-state index in [1.165, 1.54) is 47.3 Å². The predicted octanol–water partition coefficient (Wildman–Crippen LogP) is 5.81. The van der Waals surface area contributed by atoms with E-state index >= 15 is 0 Å². The Balaban J connectivity index is 1.50. The highest BCUT2D eigenvalue weighted by Crippen LogP contribution is 2.34. The van der Waals surface area contributed by atoms with Gasteiger partial charge in [-0.05, 0) is 67.1 Å². The van der Waals surface area contributed by atoms with E-state index in [4.69, 9.17) is 27.9 Å². The first-order valence-electron chi connectivity index (χ1n) is 10.1. The second-order valence-corrected chi connectivity index (χ2v) is 9.07. The molecule has 0 spiro atoms. The normalized spacial score (nSPS) is 11.2. The van der Waals surface area contributed by atoms with Crippen molar-refractivity contribution in [3.8, 4) is 5.75 Å². The van der Waals surface area contributed by atoms with Gasteiger partial charge in [-0.25, -0.2) is 9.37 Å². The van der Waals surface area contributed by atoms with Crippen molar-refractivity contribution in [3.63, 3.8) is 0 Å². The molecule has 11 heteroatoms. The highest BCUT2D eigenvalue weighted by Gasteiger charge is 2.13. The van der Waals surface area contributed by atoms with Crippen LogP contribution in [0.25, 0.3) is 10.9 Å². The average Bonchev–Trinajstić information content (AvgIpc) is 2.80. The van der Waals surface area contributed by atoms with Crippen LogP contribution in [0.15, 0.2) is 69.0 Å². The molecule has 0 bridgehead atoms. The summed E-state index contributed by atoms with van der Waals surface area (Å²) in [7, 11) is 0. The van der Waals surface area contributed by atoms with E-state index in [-0.39, 0.29) is 28.0 Å². The topological polar surface area (TPSA) is 85.6 Å². The van der Waals surface area contributed by atoms with E-state index in [2.05, 4.69) is 31.3 Å². The van der Waals surface area contributed by atoms with Crippen molar-refractivity contribution in [1.29, 1.82) is 0 Å². The van der Waals surface area contributed by atoms with Gasteiger partial charge < -0.3 is 10.1 Å². The Bertz CT molecular complexity index is 1500. The number of amides is 1. The van der Waals surface area contributed by atoms with Crippen molar-refractivity contribution in [2.24, 2.45) is 5.10 Å². The number of hydrogen-bond acceptors (Lipinski definition) is 5. The quantitative estimate of drug-likeness (QED) is 0.293. The third kappa shape index (κ3) is 5.87. The molecule has 3 aromatic carbocycles. The standard InChI is InChI=1S/C24H16BrCl2FN4O3/c1-13-30-21-7-2-15(25)10-18(21)24(34)32(13)29-11-14-8-19(26)23(20(27)9-14)35-12-22(33)31-17-5-3-16(28)4-6-17/h2-11H,12H2,1H3,(H,31,33). The van der Waals surface area contributed by atoms with E-state index in [9.17, 15) is 14.0 Å². The van der Waals surface area contributed by atoms with Gasteiger partial charge in [-0.1, -0.05) is 39.1 Å². The molecule has 0 aliphatic rings. The highest BCUT2D eigenvalue weighted by atomic mass is 79.9. The van der Waals surface area contributed by atoms with E-state index in [0.29, 0.717) is 28.0 Å². The smallest absolute Gasteiger partial charge is 0.282 e. The Morgan fingerprint density at radius 2 is 1.86 bits per heavy atom. The number of nitrogens with zero attached hydrogens (tertiary/aromatic N) is 3. The number of aromatic nitrogens is 2. The van der Waals surface area contributed by atoms with Crippen LogP contribution in [0.3, 0.4) is 0 Å². The van der Waals surface area contributed by atoms with E-state index in [1.54, 1.807) is 19.1 Å². The molecule has 0 atom stereocenters. The number of nitrogens with one attached hydrogen (secondary N) is 1. The lowest BCUT2D eigenvalue weighted by Gasteiger charge is -2.11. The molecule has 4 rings (SSSR count). The molecule has 0 fully saturated rings. The molecule has 7 nitrogen and oxygen atoms in total. The number of rotatable bonds is 6. The second-order valence-electron chi connectivity index (χ2n) is 7.34. The van der Waals surface area contributed by atoms with E-state index in [0.717, 1.165) is 4.47 Å². The Labute approximate surface area is 217 Å². The number of anilines is 1. The minimum atomic E-state index is -0.473. The molecule has 1 heterocycles. The molecule has 0 radical (unpaired) electrons. The summed E-state index contributed by atoms with van der Waals surface area (Å²) < 4.78 is 20.4. The van der Waals surface area contributed by atoms with Crippen molar-refractivity contribution in [3.05, 3.63) is 96.7 Å². The van der Waals surface area contributed by atoms with Gasteiger partial charge in [0.15, 0.2) is 12.4 Å². The van der Waals surface area contributed by atoms with Crippen molar-refractivity contribution in [2.45, 2.75) is 6.92 Å². The van der Waals surface area contributed by atoms with Gasteiger partial charge in [0.2, 0.25) is 0 Å². The number of halogens is 4. The number of carbonyl (C=O) groups excluding carboxylic acids is 1. The molecule has 1 amide bonds. The van der Waals surface area contributed by atoms with Crippen LogP contribution in [0.4, 0.5) is 10.1 Å². The van der Waals surface area contributed by atoms with Crippen molar-refractivity contribution < 1.29 is 13.9 Å². The van der Waals surface area contributed by atoms with Gasteiger partial charge >= 0.3 is 0 Å². The molecule has 4 aromatic rings. The van der Waals surface area contributed by atoms with Gasteiger partial charge in [-0.3, -0.25) is 9.59 Å². The van der Waals surface area contributed by atoms with Gasteiger partial charge in [0.25, 0.3) is 11.5 Å². The minimum absolute atomic E-state index is 0.116. The molecule has 0 aliphatic carbocycles. The first-order valence-corrected chi connectivity index (χ1v) is 11.7. The van der Waals surface area contributed by atoms with Gasteiger partial charge in [0, 0.05) is 10.2 Å². The third-order valence-electron chi connectivity index (χ3n) is 4.79. The summed E-state index contributed by atoms with van der Waals surface area (Å²) >= 11 is 16.0. The molecule has 0 saturated carbocycles. The molecule has 0 unspecified atom stereocenters. The third-order valence-corrected chi connectivity index (χ3v) is 5.84. The Morgan fingerprint density at radius 1 is 1.17 bits per heavy atom. The SMILES string of the molecule is Cc1nc2ccc(Br)cc2c(=O)n1N=Cc1cc(Cl)c(OCC(=O)Nc2ccc(F)cc2)c(Cl)c1. The lowest BCUT2D eigenvalue weighted by atomic mass is 10.2. The molecule has 1 aromatic heterocycles. The van der Waals surface area contributed by atoms with Crippen molar-refractivity contribution >= 4 is 67.8 Å².